The quantitative estimate of drug-likeness (QED) is 0.484. The molecule has 6 nitrogen and oxygen atoms in total. The first-order valence-corrected chi connectivity index (χ1v) is 9.08. The van der Waals surface area contributed by atoms with Crippen LogP contribution in [-0.4, -0.2) is 34.0 Å². The zero-order chi connectivity index (χ0) is 18.3. The fourth-order valence-electron chi connectivity index (χ4n) is 2.52. The Morgan fingerprint density at radius 1 is 0.885 bits per heavy atom. The molecule has 0 aliphatic rings. The Morgan fingerprint density at radius 2 is 1.65 bits per heavy atom. The van der Waals surface area contributed by atoms with Crippen LogP contribution in [0.25, 0.3) is 26.9 Å². The topological polar surface area (TPSA) is 61.5 Å². The van der Waals surface area contributed by atoms with Crippen molar-refractivity contribution in [1.29, 1.82) is 0 Å². The number of benzene rings is 2. The molecule has 26 heavy (non-hydrogen) atoms. The van der Waals surface area contributed by atoms with E-state index in [-0.39, 0.29) is 0 Å². The molecule has 0 atom stereocenters. The number of fused-ring (bicyclic) bond motifs is 1. The van der Waals surface area contributed by atoms with Crippen molar-refractivity contribution in [3.8, 4) is 33.5 Å². The smallest absolute Gasteiger partial charge is 0.235 e. The number of hydrogen-bond acceptors (Lipinski definition) is 6. The van der Waals surface area contributed by atoms with Gasteiger partial charge in [-0.15, -0.1) is 10.2 Å². The molecule has 0 fully saturated rings. The van der Waals surface area contributed by atoms with Crippen LogP contribution < -0.4 is 9.47 Å². The summed E-state index contributed by atoms with van der Waals surface area (Å²) in [5.41, 5.74) is 1.69. The van der Waals surface area contributed by atoms with E-state index in [0.717, 1.165) is 16.1 Å². The van der Waals surface area contributed by atoms with E-state index in [9.17, 15) is 0 Å². The first-order valence-electron chi connectivity index (χ1n) is 7.51. The van der Waals surface area contributed by atoms with Gasteiger partial charge in [0.1, 0.15) is 5.01 Å². The summed E-state index contributed by atoms with van der Waals surface area (Å²) in [6, 6.07) is 10.9. The number of ether oxygens (including phenoxy) is 2. The van der Waals surface area contributed by atoms with E-state index in [0.29, 0.717) is 32.3 Å². The van der Waals surface area contributed by atoms with E-state index in [1.165, 1.54) is 11.3 Å². The summed E-state index contributed by atoms with van der Waals surface area (Å²) < 4.78 is 12.3. The summed E-state index contributed by atoms with van der Waals surface area (Å²) in [6.07, 6.45) is 0. The molecule has 0 saturated heterocycles. The molecule has 0 radical (unpaired) electrons. The Balaban J connectivity index is 1.80. The van der Waals surface area contributed by atoms with Crippen LogP contribution in [0.1, 0.15) is 0 Å². The van der Waals surface area contributed by atoms with Crippen molar-refractivity contribution in [2.24, 2.45) is 0 Å². The van der Waals surface area contributed by atoms with Gasteiger partial charge in [-0.3, -0.25) is 0 Å². The van der Waals surface area contributed by atoms with E-state index in [1.807, 2.05) is 24.3 Å². The fourth-order valence-corrected chi connectivity index (χ4v) is 3.65. The van der Waals surface area contributed by atoms with Gasteiger partial charge in [0, 0.05) is 11.1 Å². The molecule has 0 aliphatic carbocycles. The minimum absolute atomic E-state index is 0.482. The minimum atomic E-state index is 0.482. The van der Waals surface area contributed by atoms with Gasteiger partial charge in [0.15, 0.2) is 17.3 Å². The maximum Gasteiger partial charge on any atom is 0.235 e. The van der Waals surface area contributed by atoms with Crippen LogP contribution >= 0.6 is 34.5 Å². The van der Waals surface area contributed by atoms with Gasteiger partial charge in [0.25, 0.3) is 0 Å². The van der Waals surface area contributed by atoms with Gasteiger partial charge in [-0.2, -0.15) is 9.61 Å². The van der Waals surface area contributed by atoms with Crippen LogP contribution in [0, 0.1) is 0 Å². The van der Waals surface area contributed by atoms with Crippen molar-refractivity contribution in [1.82, 2.24) is 19.8 Å². The molecule has 2 aromatic carbocycles. The SMILES string of the molecule is COc1ccc(-c2nnc3sc(-c4ccc(Cl)c(Cl)c4)nn23)cc1OC. The Bertz CT molecular complexity index is 1110. The van der Waals surface area contributed by atoms with Crippen molar-refractivity contribution in [3.63, 3.8) is 0 Å². The lowest BCUT2D eigenvalue weighted by Crippen LogP contribution is -1.94. The van der Waals surface area contributed by atoms with Gasteiger partial charge in [0.05, 0.1) is 24.3 Å². The lowest BCUT2D eigenvalue weighted by atomic mass is 10.2. The predicted octanol–water partition coefficient (Wildman–Crippen LogP) is 4.84. The molecule has 0 N–H and O–H groups in total. The summed E-state index contributed by atoms with van der Waals surface area (Å²) in [4.78, 5) is 0.677. The molecule has 0 spiro atoms. The number of hydrogen-bond donors (Lipinski definition) is 0. The highest BCUT2D eigenvalue weighted by atomic mass is 35.5. The van der Waals surface area contributed by atoms with Gasteiger partial charge < -0.3 is 9.47 Å². The van der Waals surface area contributed by atoms with Crippen LogP contribution in [0.4, 0.5) is 0 Å². The van der Waals surface area contributed by atoms with E-state index < -0.39 is 0 Å². The molecule has 0 bridgehead atoms. The third-order valence-corrected chi connectivity index (χ3v) is 5.49. The number of halogens is 2. The molecule has 0 unspecified atom stereocenters. The number of aromatic nitrogens is 4. The van der Waals surface area contributed by atoms with Crippen molar-refractivity contribution < 1.29 is 9.47 Å². The number of nitrogens with zero attached hydrogens (tertiary/aromatic N) is 4. The lowest BCUT2D eigenvalue weighted by Gasteiger charge is -2.08. The molecule has 0 saturated carbocycles. The summed E-state index contributed by atoms with van der Waals surface area (Å²) in [6.45, 7) is 0. The number of rotatable bonds is 4. The zero-order valence-electron chi connectivity index (χ0n) is 13.7. The molecule has 4 rings (SSSR count). The third kappa shape index (κ3) is 2.88. The molecule has 0 aliphatic heterocycles. The van der Waals surface area contributed by atoms with Crippen LogP contribution in [0.2, 0.25) is 10.0 Å². The summed E-state index contributed by atoms with van der Waals surface area (Å²) in [7, 11) is 3.18. The minimum Gasteiger partial charge on any atom is -0.493 e. The molecule has 0 amide bonds. The second-order valence-corrected chi connectivity index (χ2v) is 7.09. The highest BCUT2D eigenvalue weighted by molar-refractivity contribution is 7.19. The maximum atomic E-state index is 6.11. The standard InChI is InChI=1S/C17H12Cl2N4O2S/c1-24-13-6-4-9(8-14(13)25-2)15-20-21-17-23(15)22-16(26-17)10-3-5-11(18)12(19)7-10/h3-8H,1-2H3. The molecular weight excluding hydrogens is 395 g/mol. The summed E-state index contributed by atoms with van der Waals surface area (Å²) in [5.74, 6) is 1.87. The van der Waals surface area contributed by atoms with Crippen molar-refractivity contribution in [3.05, 3.63) is 46.4 Å². The summed E-state index contributed by atoms with van der Waals surface area (Å²) >= 11 is 13.5. The fraction of sp³-hybridized carbons (Fsp3) is 0.118. The molecular formula is C17H12Cl2N4O2S. The van der Waals surface area contributed by atoms with E-state index >= 15 is 0 Å². The van der Waals surface area contributed by atoms with Crippen LogP contribution in [0.3, 0.4) is 0 Å². The van der Waals surface area contributed by atoms with Crippen LogP contribution in [0.15, 0.2) is 36.4 Å². The Hall–Kier alpha value is -2.35. The van der Waals surface area contributed by atoms with Crippen molar-refractivity contribution in [2.75, 3.05) is 14.2 Å². The van der Waals surface area contributed by atoms with E-state index in [4.69, 9.17) is 32.7 Å². The monoisotopic (exact) mass is 406 g/mol. The molecule has 4 aromatic rings. The molecule has 2 heterocycles. The highest BCUT2D eigenvalue weighted by Crippen LogP contribution is 2.34. The first kappa shape index (κ1) is 17.1. The Kier molecular flexibility index (Phi) is 4.44. The van der Waals surface area contributed by atoms with Gasteiger partial charge >= 0.3 is 0 Å². The first-order chi connectivity index (χ1) is 12.6. The maximum absolute atomic E-state index is 6.11. The van der Waals surface area contributed by atoms with Gasteiger partial charge in [-0.1, -0.05) is 40.6 Å². The second kappa shape index (κ2) is 6.75. The molecule has 2 aromatic heterocycles. The average molecular weight is 407 g/mol. The van der Waals surface area contributed by atoms with Crippen molar-refractivity contribution >= 4 is 39.5 Å². The predicted molar refractivity (Wildman–Crippen MR) is 103 cm³/mol. The van der Waals surface area contributed by atoms with Gasteiger partial charge in [0.2, 0.25) is 4.96 Å². The van der Waals surface area contributed by atoms with Crippen LogP contribution in [0.5, 0.6) is 11.5 Å². The Labute approximate surface area is 162 Å². The van der Waals surface area contributed by atoms with Gasteiger partial charge in [-0.25, -0.2) is 0 Å². The van der Waals surface area contributed by atoms with E-state index in [2.05, 4.69) is 15.3 Å². The lowest BCUT2D eigenvalue weighted by molar-refractivity contribution is 0.355. The largest absolute Gasteiger partial charge is 0.493 e. The van der Waals surface area contributed by atoms with Crippen molar-refractivity contribution in [2.45, 2.75) is 0 Å². The zero-order valence-corrected chi connectivity index (χ0v) is 16.1. The van der Waals surface area contributed by atoms with Gasteiger partial charge in [-0.05, 0) is 30.3 Å². The average Bonchev–Trinajstić information content (AvgIpc) is 3.24. The normalized spacial score (nSPS) is 11.1. The molecule has 132 valence electrons. The van der Waals surface area contributed by atoms with E-state index in [1.54, 1.807) is 30.9 Å². The van der Waals surface area contributed by atoms with Crippen LogP contribution in [-0.2, 0) is 0 Å². The highest BCUT2D eigenvalue weighted by Gasteiger charge is 2.16. The molecule has 9 heteroatoms. The third-order valence-electron chi connectivity index (χ3n) is 3.80. The second-order valence-electron chi connectivity index (χ2n) is 5.32. The number of methoxy groups -OCH3 is 2. The summed E-state index contributed by atoms with van der Waals surface area (Å²) in [5, 5.41) is 14.8. The Morgan fingerprint density at radius 3 is 2.38 bits per heavy atom.